The van der Waals surface area contributed by atoms with Crippen molar-refractivity contribution in [2.45, 2.75) is 50.6 Å². The molecule has 0 aliphatic rings. The minimum absolute atomic E-state index is 0.0865. The Morgan fingerprint density at radius 1 is 1.03 bits per heavy atom. The number of rotatable bonds is 11. The number of carbonyl (C=O) groups is 3. The van der Waals surface area contributed by atoms with Gasteiger partial charge in [-0.15, -0.1) is 0 Å². The van der Waals surface area contributed by atoms with Crippen LogP contribution in [0.5, 0.6) is 5.75 Å². The smallest absolute Gasteiger partial charge is 0.408 e. The van der Waals surface area contributed by atoms with Crippen molar-refractivity contribution in [3.05, 3.63) is 65.9 Å². The van der Waals surface area contributed by atoms with E-state index in [0.29, 0.717) is 5.75 Å². The van der Waals surface area contributed by atoms with Crippen LogP contribution in [0, 0.1) is 0 Å². The van der Waals surface area contributed by atoms with E-state index in [2.05, 4.69) is 15.6 Å². The summed E-state index contributed by atoms with van der Waals surface area (Å²) in [7, 11) is 1.60. The Balaban J connectivity index is 1.69. The van der Waals surface area contributed by atoms with E-state index < -0.39 is 35.7 Å². The van der Waals surface area contributed by atoms with Gasteiger partial charge in [0.15, 0.2) is 0 Å². The molecule has 0 aliphatic heterocycles. The third-order valence-corrected chi connectivity index (χ3v) is 6.54. The highest BCUT2D eigenvalue weighted by molar-refractivity contribution is 7.98. The fourth-order valence-electron chi connectivity index (χ4n) is 3.64. The highest BCUT2D eigenvalue weighted by Gasteiger charge is 2.29. The van der Waals surface area contributed by atoms with Crippen LogP contribution >= 0.6 is 11.8 Å². The van der Waals surface area contributed by atoms with Gasteiger partial charge in [0.25, 0.3) is 0 Å². The van der Waals surface area contributed by atoms with E-state index in [1.807, 2.05) is 48.5 Å². The number of aromatic nitrogens is 1. The SMILES string of the molecule is COc1ccc(CSC[C@@H](NC(=O)OC(C)(C)C)C(=O)N[C@@H](Cc2c[nH]c3ccccc23)C(=O)O)cc1. The highest BCUT2D eigenvalue weighted by Crippen LogP contribution is 2.20. The summed E-state index contributed by atoms with van der Waals surface area (Å²) < 4.78 is 10.5. The molecule has 0 unspecified atom stereocenters. The molecule has 3 aromatic rings. The van der Waals surface area contributed by atoms with Crippen LogP contribution in [-0.2, 0) is 26.5 Å². The van der Waals surface area contributed by atoms with Gasteiger partial charge in [-0.05, 0) is 50.1 Å². The summed E-state index contributed by atoms with van der Waals surface area (Å²) in [6.45, 7) is 5.17. The van der Waals surface area contributed by atoms with E-state index in [9.17, 15) is 19.5 Å². The van der Waals surface area contributed by atoms with Gasteiger partial charge in [0, 0.05) is 35.0 Å². The molecule has 1 aromatic heterocycles. The summed E-state index contributed by atoms with van der Waals surface area (Å²) in [6, 6.07) is 12.9. The van der Waals surface area contributed by atoms with Gasteiger partial charge in [-0.3, -0.25) is 4.79 Å². The van der Waals surface area contributed by atoms with Crippen LogP contribution in [-0.4, -0.2) is 58.6 Å². The van der Waals surface area contributed by atoms with Crippen molar-refractivity contribution in [2.24, 2.45) is 0 Å². The molecule has 1 heterocycles. The molecule has 2 atom stereocenters. The van der Waals surface area contributed by atoms with Gasteiger partial charge in [-0.1, -0.05) is 30.3 Å². The van der Waals surface area contributed by atoms with Gasteiger partial charge in [-0.2, -0.15) is 11.8 Å². The molecule has 0 radical (unpaired) electrons. The van der Waals surface area contributed by atoms with Crippen LogP contribution in [0.4, 0.5) is 4.79 Å². The topological polar surface area (TPSA) is 130 Å². The van der Waals surface area contributed by atoms with Gasteiger partial charge >= 0.3 is 12.1 Å². The average molecular weight is 528 g/mol. The molecule has 0 bridgehead atoms. The zero-order chi connectivity index (χ0) is 27.0. The number of alkyl carbamates (subject to hydrolysis) is 1. The molecule has 0 spiro atoms. The van der Waals surface area contributed by atoms with Gasteiger partial charge in [0.2, 0.25) is 5.91 Å². The van der Waals surface area contributed by atoms with Crippen LogP contribution < -0.4 is 15.4 Å². The summed E-state index contributed by atoms with van der Waals surface area (Å²) in [5, 5.41) is 15.9. The first-order valence-electron chi connectivity index (χ1n) is 11.8. The molecule has 0 saturated heterocycles. The Kier molecular flexibility index (Phi) is 9.46. The fourth-order valence-corrected chi connectivity index (χ4v) is 4.66. The number of benzene rings is 2. The second-order valence-electron chi connectivity index (χ2n) is 9.53. The van der Waals surface area contributed by atoms with Gasteiger partial charge in [0.1, 0.15) is 23.4 Å². The number of aromatic amines is 1. The molecule has 9 nitrogen and oxygen atoms in total. The number of hydrogen-bond acceptors (Lipinski definition) is 6. The normalized spacial score (nSPS) is 13.0. The number of methoxy groups -OCH3 is 1. The van der Waals surface area contributed by atoms with Gasteiger partial charge in [0.05, 0.1) is 7.11 Å². The molecule has 2 aromatic carbocycles. The zero-order valence-corrected chi connectivity index (χ0v) is 22.2. The largest absolute Gasteiger partial charge is 0.497 e. The molecule has 0 saturated carbocycles. The predicted octanol–water partition coefficient (Wildman–Crippen LogP) is 4.12. The number of carboxylic acid groups (broad SMARTS) is 1. The van der Waals surface area contributed by atoms with E-state index in [1.165, 1.54) is 11.8 Å². The van der Waals surface area contributed by atoms with Crippen LogP contribution in [0.25, 0.3) is 10.9 Å². The number of fused-ring (bicyclic) bond motifs is 1. The quantitative estimate of drug-likeness (QED) is 0.295. The lowest BCUT2D eigenvalue weighted by atomic mass is 10.0. The Bertz CT molecular complexity index is 1220. The summed E-state index contributed by atoms with van der Waals surface area (Å²) >= 11 is 1.43. The Morgan fingerprint density at radius 3 is 2.38 bits per heavy atom. The summed E-state index contributed by atoms with van der Waals surface area (Å²) in [5.74, 6) is -0.216. The maximum atomic E-state index is 13.2. The summed E-state index contributed by atoms with van der Waals surface area (Å²) in [4.78, 5) is 40.8. The standard InChI is InChI=1S/C27H33N3O6S/c1-27(2,3)36-26(34)30-23(16-37-15-17-9-11-19(35-4)12-10-17)24(31)29-22(25(32)33)13-18-14-28-21-8-6-5-7-20(18)21/h5-12,14,22-23,28H,13,15-16H2,1-4H3,(H,29,31)(H,30,34)(H,32,33)/t22-,23+/m0/s1. The minimum Gasteiger partial charge on any atom is -0.497 e. The number of hydrogen-bond donors (Lipinski definition) is 4. The van der Waals surface area contributed by atoms with E-state index in [4.69, 9.17) is 9.47 Å². The number of nitrogens with one attached hydrogen (secondary N) is 3. The first-order chi connectivity index (χ1) is 17.6. The second-order valence-corrected chi connectivity index (χ2v) is 10.6. The minimum atomic E-state index is -1.18. The summed E-state index contributed by atoms with van der Waals surface area (Å²) in [6.07, 6.45) is 1.08. The number of para-hydroxylation sites is 1. The molecule has 198 valence electrons. The van der Waals surface area contributed by atoms with Crippen molar-refractivity contribution in [3.63, 3.8) is 0 Å². The highest BCUT2D eigenvalue weighted by atomic mass is 32.2. The first kappa shape index (κ1) is 27.9. The Hall–Kier alpha value is -3.66. The number of carbonyl (C=O) groups excluding carboxylic acids is 2. The second kappa shape index (κ2) is 12.5. The summed E-state index contributed by atoms with van der Waals surface area (Å²) in [5.41, 5.74) is 1.92. The lowest BCUT2D eigenvalue weighted by molar-refractivity contribution is -0.142. The number of amides is 2. The van der Waals surface area contributed by atoms with Crippen molar-refractivity contribution >= 4 is 40.6 Å². The van der Waals surface area contributed by atoms with Gasteiger partial charge < -0.3 is 30.2 Å². The Labute approximate surface area is 220 Å². The molecule has 37 heavy (non-hydrogen) atoms. The van der Waals surface area contributed by atoms with Crippen molar-refractivity contribution in [2.75, 3.05) is 12.9 Å². The molecule has 2 amide bonds. The third kappa shape index (κ3) is 8.45. The average Bonchev–Trinajstić information content (AvgIpc) is 3.25. The first-order valence-corrected chi connectivity index (χ1v) is 13.0. The molecular formula is C27H33N3O6S. The molecule has 0 aliphatic carbocycles. The Morgan fingerprint density at radius 2 is 1.73 bits per heavy atom. The van der Waals surface area contributed by atoms with E-state index in [1.54, 1.807) is 34.1 Å². The number of carboxylic acids is 1. The van der Waals surface area contributed by atoms with Crippen molar-refractivity contribution in [3.8, 4) is 5.75 Å². The fraction of sp³-hybridized carbons (Fsp3) is 0.370. The van der Waals surface area contributed by atoms with E-state index in [-0.39, 0.29) is 12.2 Å². The molecular weight excluding hydrogens is 494 g/mol. The third-order valence-electron chi connectivity index (χ3n) is 5.43. The number of H-pyrrole nitrogens is 1. The monoisotopic (exact) mass is 527 g/mol. The van der Waals surface area contributed by atoms with Crippen LogP contribution in [0.15, 0.2) is 54.7 Å². The van der Waals surface area contributed by atoms with Crippen LogP contribution in [0.3, 0.4) is 0 Å². The molecule has 4 N–H and O–H groups in total. The van der Waals surface area contributed by atoms with E-state index in [0.717, 1.165) is 27.8 Å². The van der Waals surface area contributed by atoms with Crippen molar-refractivity contribution < 1.29 is 29.0 Å². The van der Waals surface area contributed by atoms with E-state index >= 15 is 0 Å². The predicted molar refractivity (Wildman–Crippen MR) is 144 cm³/mol. The number of aliphatic carboxylic acids is 1. The van der Waals surface area contributed by atoms with Crippen molar-refractivity contribution in [1.29, 1.82) is 0 Å². The maximum Gasteiger partial charge on any atom is 0.408 e. The lowest BCUT2D eigenvalue weighted by Gasteiger charge is -2.24. The van der Waals surface area contributed by atoms with Crippen LogP contribution in [0.1, 0.15) is 31.9 Å². The zero-order valence-electron chi connectivity index (χ0n) is 21.4. The molecule has 0 fully saturated rings. The van der Waals surface area contributed by atoms with Gasteiger partial charge in [-0.25, -0.2) is 9.59 Å². The van der Waals surface area contributed by atoms with Crippen LogP contribution in [0.2, 0.25) is 0 Å². The molecule has 3 rings (SSSR count). The lowest BCUT2D eigenvalue weighted by Crippen LogP contribution is -2.53. The number of thioether (sulfide) groups is 1. The maximum absolute atomic E-state index is 13.2. The van der Waals surface area contributed by atoms with Crippen molar-refractivity contribution in [1.82, 2.24) is 15.6 Å². The molecule has 10 heteroatoms. The number of ether oxygens (including phenoxy) is 2.